The van der Waals surface area contributed by atoms with Gasteiger partial charge in [0.1, 0.15) is 0 Å². The summed E-state index contributed by atoms with van der Waals surface area (Å²) in [5.41, 5.74) is 0.942. The number of aliphatic hydroxyl groups is 1. The second kappa shape index (κ2) is 6.04. The first-order chi connectivity index (χ1) is 8.60. The predicted octanol–water partition coefficient (Wildman–Crippen LogP) is 2.49. The fourth-order valence-corrected chi connectivity index (χ4v) is 2.97. The molecule has 1 aliphatic rings. The van der Waals surface area contributed by atoms with Crippen LogP contribution in [0, 0.1) is 5.92 Å². The van der Waals surface area contributed by atoms with E-state index in [1.54, 1.807) is 12.1 Å². The van der Waals surface area contributed by atoms with Crippen molar-refractivity contribution in [1.82, 2.24) is 4.90 Å². The molecule has 1 atom stereocenters. The Morgan fingerprint density at radius 1 is 1.56 bits per heavy atom. The molecule has 0 radical (unpaired) electrons. The molecule has 18 heavy (non-hydrogen) atoms. The molecule has 0 bridgehead atoms. The predicted molar refractivity (Wildman–Crippen MR) is 74.6 cm³/mol. The van der Waals surface area contributed by atoms with Crippen LogP contribution in [0.5, 0.6) is 0 Å². The van der Waals surface area contributed by atoms with Gasteiger partial charge in [-0.05, 0) is 24.1 Å². The zero-order valence-corrected chi connectivity index (χ0v) is 12.2. The standard InChI is InChI=1S/C13H15BrClNO2/c14-12-6-11(15)2-1-10(12)5-13(18)16-4-3-9(7-16)8-17/h1-2,6,9,17H,3-5,7-8H2. The summed E-state index contributed by atoms with van der Waals surface area (Å²) in [7, 11) is 0. The second-order valence-corrected chi connectivity index (χ2v) is 5.88. The molecule has 1 aromatic rings. The molecule has 1 N–H and O–H groups in total. The smallest absolute Gasteiger partial charge is 0.227 e. The largest absolute Gasteiger partial charge is 0.396 e. The molecular formula is C13H15BrClNO2. The lowest BCUT2D eigenvalue weighted by molar-refractivity contribution is -0.129. The van der Waals surface area contributed by atoms with Crippen molar-refractivity contribution >= 4 is 33.4 Å². The van der Waals surface area contributed by atoms with E-state index in [0.29, 0.717) is 18.0 Å². The van der Waals surface area contributed by atoms with Gasteiger partial charge >= 0.3 is 0 Å². The van der Waals surface area contributed by atoms with Crippen LogP contribution in [0.15, 0.2) is 22.7 Å². The van der Waals surface area contributed by atoms with Gasteiger partial charge in [-0.1, -0.05) is 33.6 Å². The summed E-state index contributed by atoms with van der Waals surface area (Å²) >= 11 is 9.28. The van der Waals surface area contributed by atoms with Crippen LogP contribution in [0.3, 0.4) is 0 Å². The monoisotopic (exact) mass is 331 g/mol. The summed E-state index contributed by atoms with van der Waals surface area (Å²) in [6.07, 6.45) is 1.26. The fraction of sp³-hybridized carbons (Fsp3) is 0.462. The van der Waals surface area contributed by atoms with E-state index < -0.39 is 0 Å². The first-order valence-electron chi connectivity index (χ1n) is 5.92. The lowest BCUT2D eigenvalue weighted by Gasteiger charge is -2.16. The lowest BCUT2D eigenvalue weighted by Crippen LogP contribution is -2.30. The molecule has 1 aromatic carbocycles. The van der Waals surface area contributed by atoms with E-state index in [-0.39, 0.29) is 18.4 Å². The van der Waals surface area contributed by atoms with E-state index in [1.807, 2.05) is 11.0 Å². The van der Waals surface area contributed by atoms with E-state index in [0.717, 1.165) is 23.0 Å². The van der Waals surface area contributed by atoms with Gasteiger partial charge in [-0.3, -0.25) is 4.79 Å². The highest BCUT2D eigenvalue weighted by molar-refractivity contribution is 9.10. The highest BCUT2D eigenvalue weighted by Crippen LogP contribution is 2.23. The molecule has 98 valence electrons. The Kier molecular flexibility index (Phi) is 4.65. The minimum Gasteiger partial charge on any atom is -0.396 e. The number of likely N-dealkylation sites (tertiary alicyclic amines) is 1. The Bertz CT molecular complexity index is 453. The molecule has 2 rings (SSSR count). The topological polar surface area (TPSA) is 40.5 Å². The average molecular weight is 333 g/mol. The minimum absolute atomic E-state index is 0.106. The normalized spacial score (nSPS) is 19.3. The Hall–Kier alpha value is -0.580. The third-order valence-corrected chi connectivity index (χ3v) is 4.23. The highest BCUT2D eigenvalue weighted by Gasteiger charge is 2.25. The third-order valence-electron chi connectivity index (χ3n) is 3.25. The molecule has 0 aliphatic carbocycles. The molecule has 1 saturated heterocycles. The van der Waals surface area contributed by atoms with E-state index in [1.165, 1.54) is 0 Å². The summed E-state index contributed by atoms with van der Waals surface area (Å²) in [5, 5.41) is 9.72. The average Bonchev–Trinajstić information content (AvgIpc) is 2.81. The van der Waals surface area contributed by atoms with Crippen LogP contribution in [0.1, 0.15) is 12.0 Å². The number of nitrogens with zero attached hydrogens (tertiary/aromatic N) is 1. The molecule has 1 heterocycles. The SMILES string of the molecule is O=C(Cc1ccc(Cl)cc1Br)N1CCC(CO)C1. The zero-order valence-electron chi connectivity index (χ0n) is 9.90. The quantitative estimate of drug-likeness (QED) is 0.924. The number of carbonyl (C=O) groups excluding carboxylic acids is 1. The van der Waals surface area contributed by atoms with E-state index in [9.17, 15) is 4.79 Å². The zero-order chi connectivity index (χ0) is 13.1. The van der Waals surface area contributed by atoms with Gasteiger partial charge in [0.2, 0.25) is 5.91 Å². The van der Waals surface area contributed by atoms with Crippen LogP contribution in [-0.4, -0.2) is 35.6 Å². The second-order valence-electron chi connectivity index (χ2n) is 4.59. The summed E-state index contributed by atoms with van der Waals surface area (Å²) in [6, 6.07) is 5.45. The van der Waals surface area contributed by atoms with Gasteiger partial charge in [-0.15, -0.1) is 0 Å². The van der Waals surface area contributed by atoms with Gasteiger partial charge in [0.15, 0.2) is 0 Å². The van der Waals surface area contributed by atoms with Crippen molar-refractivity contribution in [2.24, 2.45) is 5.92 Å². The molecule has 0 saturated carbocycles. The van der Waals surface area contributed by atoms with Crippen LogP contribution in [-0.2, 0) is 11.2 Å². The molecule has 0 spiro atoms. The summed E-state index contributed by atoms with van der Waals surface area (Å²) < 4.78 is 0.862. The highest BCUT2D eigenvalue weighted by atomic mass is 79.9. The molecule has 1 unspecified atom stereocenters. The maximum atomic E-state index is 12.1. The van der Waals surface area contributed by atoms with Crippen LogP contribution in [0.4, 0.5) is 0 Å². The first kappa shape index (κ1) is 13.8. The number of rotatable bonds is 3. The number of carbonyl (C=O) groups is 1. The van der Waals surface area contributed by atoms with E-state index >= 15 is 0 Å². The molecule has 1 aliphatic heterocycles. The number of amides is 1. The molecule has 1 fully saturated rings. The molecule has 0 aromatic heterocycles. The Balaban J connectivity index is 1.99. The van der Waals surface area contributed by atoms with Crippen molar-refractivity contribution in [3.63, 3.8) is 0 Å². The third kappa shape index (κ3) is 3.25. The number of benzene rings is 1. The van der Waals surface area contributed by atoms with Crippen molar-refractivity contribution in [1.29, 1.82) is 0 Å². The van der Waals surface area contributed by atoms with Crippen molar-refractivity contribution < 1.29 is 9.90 Å². The minimum atomic E-state index is 0.106. The van der Waals surface area contributed by atoms with E-state index in [2.05, 4.69) is 15.9 Å². The van der Waals surface area contributed by atoms with Gasteiger partial charge in [-0.2, -0.15) is 0 Å². The Labute approximate surface area is 120 Å². The number of halogens is 2. The van der Waals surface area contributed by atoms with Gasteiger partial charge in [0.05, 0.1) is 6.42 Å². The van der Waals surface area contributed by atoms with Gasteiger partial charge in [0.25, 0.3) is 0 Å². The molecule has 1 amide bonds. The van der Waals surface area contributed by atoms with Crippen molar-refractivity contribution in [3.8, 4) is 0 Å². The number of hydrogen-bond donors (Lipinski definition) is 1. The van der Waals surface area contributed by atoms with Crippen molar-refractivity contribution in [3.05, 3.63) is 33.3 Å². The van der Waals surface area contributed by atoms with Crippen molar-refractivity contribution in [2.75, 3.05) is 19.7 Å². The molecule has 5 heteroatoms. The van der Waals surface area contributed by atoms with Crippen LogP contribution in [0.2, 0.25) is 5.02 Å². The molecular weight excluding hydrogens is 318 g/mol. The first-order valence-corrected chi connectivity index (χ1v) is 7.10. The van der Waals surface area contributed by atoms with E-state index in [4.69, 9.17) is 16.7 Å². The van der Waals surface area contributed by atoms with Gasteiger partial charge in [-0.25, -0.2) is 0 Å². The summed E-state index contributed by atoms with van der Waals surface area (Å²) in [4.78, 5) is 13.9. The maximum absolute atomic E-state index is 12.1. The molecule has 3 nitrogen and oxygen atoms in total. The summed E-state index contributed by atoms with van der Waals surface area (Å²) in [6.45, 7) is 1.57. The van der Waals surface area contributed by atoms with Gasteiger partial charge < -0.3 is 10.0 Å². The fourth-order valence-electron chi connectivity index (χ4n) is 2.15. The van der Waals surface area contributed by atoms with Crippen molar-refractivity contribution in [2.45, 2.75) is 12.8 Å². The lowest BCUT2D eigenvalue weighted by atomic mass is 10.1. The van der Waals surface area contributed by atoms with Crippen LogP contribution >= 0.6 is 27.5 Å². The Morgan fingerprint density at radius 2 is 2.33 bits per heavy atom. The summed E-state index contributed by atoms with van der Waals surface area (Å²) in [5.74, 6) is 0.344. The Morgan fingerprint density at radius 3 is 2.94 bits per heavy atom. The van der Waals surface area contributed by atoms with Crippen LogP contribution in [0.25, 0.3) is 0 Å². The van der Waals surface area contributed by atoms with Gasteiger partial charge in [0, 0.05) is 35.1 Å². The van der Waals surface area contributed by atoms with Crippen LogP contribution < -0.4 is 0 Å². The maximum Gasteiger partial charge on any atom is 0.227 e. The number of aliphatic hydroxyl groups excluding tert-OH is 1. The number of hydrogen-bond acceptors (Lipinski definition) is 2.